The molecule has 0 fully saturated rings. The first-order valence-corrected chi connectivity index (χ1v) is 17.8. The fourth-order valence-electron chi connectivity index (χ4n) is 4.64. The van der Waals surface area contributed by atoms with Crippen LogP contribution in [0, 0.1) is 0 Å². The molecule has 0 spiro atoms. The molecule has 0 rings (SSSR count). The van der Waals surface area contributed by atoms with Gasteiger partial charge in [-0.05, 0) is 83.1 Å². The molecule has 2 N–H and O–H groups in total. The Kier molecular flexibility index (Phi) is 21.3. The Morgan fingerprint density at radius 1 is 0.377 bits per heavy atom. The number of esters is 4. The Morgan fingerprint density at radius 3 is 0.849 bits per heavy atom. The van der Waals surface area contributed by atoms with Gasteiger partial charge in [0.1, 0.15) is 22.4 Å². The van der Waals surface area contributed by atoms with Gasteiger partial charge in [-0.3, -0.25) is 48.4 Å². The smallest absolute Gasteiger partial charge is 0.320 e. The van der Waals surface area contributed by atoms with E-state index in [1.54, 1.807) is 92.9 Å². The summed E-state index contributed by atoms with van der Waals surface area (Å²) < 4.78 is 27.8. The molecule has 0 aromatic rings. The minimum absolute atomic E-state index is 0.0568. The average Bonchev–Trinajstić information content (AvgIpc) is 2.88. The molecule has 0 aromatic heterocycles. The molecule has 308 valence electrons. The predicted octanol–water partition coefficient (Wildman–Crippen LogP) is 1.75. The largest absolute Gasteiger partial charge is 0.480 e. The van der Waals surface area contributed by atoms with Crippen molar-refractivity contribution in [3.8, 4) is 0 Å². The number of hydrogen-bond donors (Lipinski definition) is 2. The summed E-state index contributed by atoms with van der Waals surface area (Å²) in [5, 5.41) is 18.2. The van der Waals surface area contributed by atoms with E-state index < -0.39 is 71.3 Å². The van der Waals surface area contributed by atoms with Crippen LogP contribution in [0.5, 0.6) is 0 Å². The zero-order valence-electron chi connectivity index (χ0n) is 34.1. The van der Waals surface area contributed by atoms with Gasteiger partial charge in [0, 0.05) is 39.3 Å². The van der Waals surface area contributed by atoms with E-state index in [-0.39, 0.29) is 59.0 Å². The summed E-state index contributed by atoms with van der Waals surface area (Å²) in [7, 11) is 0. The lowest BCUT2D eigenvalue weighted by molar-refractivity contribution is -0.162. The third kappa shape index (κ3) is 30.8. The highest BCUT2D eigenvalue weighted by atomic mass is 16.6. The zero-order chi connectivity index (χ0) is 41.2. The van der Waals surface area contributed by atoms with Crippen molar-refractivity contribution < 1.29 is 62.7 Å². The van der Waals surface area contributed by atoms with Gasteiger partial charge in [-0.25, -0.2) is 0 Å². The van der Waals surface area contributed by atoms with Gasteiger partial charge in [-0.15, -0.1) is 0 Å². The Morgan fingerprint density at radius 2 is 0.604 bits per heavy atom. The van der Waals surface area contributed by atoms with Crippen LogP contribution >= 0.6 is 0 Å². The fourth-order valence-corrected chi connectivity index (χ4v) is 4.64. The van der Waals surface area contributed by atoms with Gasteiger partial charge in [-0.1, -0.05) is 0 Å². The number of aliphatic carboxylic acids is 2. The first-order chi connectivity index (χ1) is 24.0. The molecule has 0 heterocycles. The minimum atomic E-state index is -1.16. The Hall–Kier alpha value is -3.38. The van der Waals surface area contributed by atoms with Crippen molar-refractivity contribution in [3.63, 3.8) is 0 Å². The molecule has 0 saturated heterocycles. The Labute approximate surface area is 315 Å². The predicted molar refractivity (Wildman–Crippen MR) is 195 cm³/mol. The molecule has 0 aliphatic rings. The van der Waals surface area contributed by atoms with Gasteiger partial charge in [0.15, 0.2) is 0 Å². The van der Waals surface area contributed by atoms with Gasteiger partial charge >= 0.3 is 35.8 Å². The summed E-state index contributed by atoms with van der Waals surface area (Å²) in [6.07, 6.45) is 0. The number of nitrogens with zero attached hydrogens (tertiary/aromatic N) is 4. The van der Waals surface area contributed by atoms with Crippen LogP contribution in [0.25, 0.3) is 0 Å². The van der Waals surface area contributed by atoms with Crippen molar-refractivity contribution in [2.75, 3.05) is 91.8 Å². The van der Waals surface area contributed by atoms with E-state index >= 15 is 0 Å². The number of hydrogen-bond acceptors (Lipinski definition) is 15. The summed E-state index contributed by atoms with van der Waals surface area (Å²) in [4.78, 5) is 80.0. The molecule has 0 unspecified atom stereocenters. The number of rotatable bonds is 24. The highest BCUT2D eigenvalue weighted by Gasteiger charge is 2.26. The molecule has 17 heteroatoms. The first kappa shape index (κ1) is 49.6. The van der Waals surface area contributed by atoms with E-state index in [0.717, 1.165) is 0 Å². The second-order valence-electron chi connectivity index (χ2n) is 16.7. The Bertz CT molecular complexity index is 1040. The van der Waals surface area contributed by atoms with Gasteiger partial charge in [0.2, 0.25) is 0 Å². The van der Waals surface area contributed by atoms with E-state index in [1.807, 2.05) is 4.90 Å². The van der Waals surface area contributed by atoms with E-state index in [1.165, 1.54) is 4.90 Å². The molecule has 0 aliphatic carbocycles. The van der Waals surface area contributed by atoms with E-state index in [4.69, 9.17) is 33.9 Å². The summed E-state index contributed by atoms with van der Waals surface area (Å²) in [5.41, 5.74) is -2.97. The summed E-state index contributed by atoms with van der Waals surface area (Å²) in [6.45, 7) is 20.9. The second kappa shape index (κ2) is 22.7. The molecular formula is C36H66N4O13. The maximum absolute atomic E-state index is 12.8. The van der Waals surface area contributed by atoms with Crippen molar-refractivity contribution in [2.45, 2.75) is 105 Å². The third-order valence-electron chi connectivity index (χ3n) is 6.38. The molecule has 0 aliphatic heterocycles. The SMILES string of the molecule is CC(C)(C)OC(=O)CN(CCN(CCOCCN(CC(=O)O)CC(=O)O)CCN(CC(=O)OC(C)(C)C)CC(=O)OC(C)(C)C)CC(=O)OC(C)(C)C. The van der Waals surface area contributed by atoms with Gasteiger partial charge < -0.3 is 33.9 Å². The van der Waals surface area contributed by atoms with E-state index in [0.29, 0.717) is 19.6 Å². The van der Waals surface area contributed by atoms with Crippen LogP contribution in [0.3, 0.4) is 0 Å². The number of carbonyl (C=O) groups is 6. The molecule has 0 saturated carbocycles. The maximum atomic E-state index is 12.8. The fraction of sp³-hybridized carbons (Fsp3) is 0.833. The zero-order valence-corrected chi connectivity index (χ0v) is 34.1. The van der Waals surface area contributed by atoms with Crippen LogP contribution < -0.4 is 0 Å². The van der Waals surface area contributed by atoms with E-state index in [2.05, 4.69) is 0 Å². The van der Waals surface area contributed by atoms with Crippen molar-refractivity contribution in [1.29, 1.82) is 0 Å². The van der Waals surface area contributed by atoms with Gasteiger partial charge in [0.05, 0.1) is 52.5 Å². The highest BCUT2D eigenvalue weighted by molar-refractivity contribution is 5.76. The molecule has 0 radical (unpaired) electrons. The lowest BCUT2D eigenvalue weighted by atomic mass is 10.2. The van der Waals surface area contributed by atoms with Crippen LogP contribution in [-0.2, 0) is 52.5 Å². The van der Waals surface area contributed by atoms with Crippen LogP contribution in [0.15, 0.2) is 0 Å². The lowest BCUT2D eigenvalue weighted by Crippen LogP contribution is -2.47. The van der Waals surface area contributed by atoms with Crippen LogP contribution in [0.1, 0.15) is 83.1 Å². The second-order valence-corrected chi connectivity index (χ2v) is 16.7. The van der Waals surface area contributed by atoms with Crippen molar-refractivity contribution >= 4 is 35.8 Å². The van der Waals surface area contributed by atoms with Crippen molar-refractivity contribution in [3.05, 3.63) is 0 Å². The molecule has 0 bridgehead atoms. The maximum Gasteiger partial charge on any atom is 0.320 e. The molecule has 0 atom stereocenters. The standard InChI is InChI=1S/C36H66N4O13/c1-33(2,3)50-29(45)23-38(24-30(46)51-34(4,5)6)15-13-37(17-19-49-20-18-40(21-27(41)42)22-28(43)44)14-16-39(25-31(47)52-35(7,8)9)26-32(48)53-36(10,11)12/h13-26H2,1-12H3,(H,41,42)(H,43,44). The van der Waals surface area contributed by atoms with Crippen LogP contribution in [0.4, 0.5) is 0 Å². The lowest BCUT2D eigenvalue weighted by Gasteiger charge is -2.31. The van der Waals surface area contributed by atoms with E-state index in [9.17, 15) is 28.8 Å². The summed E-state index contributed by atoms with van der Waals surface area (Å²) >= 11 is 0. The van der Waals surface area contributed by atoms with Gasteiger partial charge in [-0.2, -0.15) is 0 Å². The van der Waals surface area contributed by atoms with Crippen molar-refractivity contribution in [2.24, 2.45) is 0 Å². The monoisotopic (exact) mass is 762 g/mol. The normalized spacial score (nSPS) is 12.7. The first-order valence-electron chi connectivity index (χ1n) is 17.8. The summed E-state index contributed by atoms with van der Waals surface area (Å²) in [5.74, 6) is -4.43. The van der Waals surface area contributed by atoms with Gasteiger partial charge in [0.25, 0.3) is 0 Å². The molecule has 0 amide bonds. The molecular weight excluding hydrogens is 696 g/mol. The average molecular weight is 763 g/mol. The van der Waals surface area contributed by atoms with Crippen LogP contribution in [0.2, 0.25) is 0 Å². The Balaban J connectivity index is 6.07. The van der Waals surface area contributed by atoms with Crippen molar-refractivity contribution in [1.82, 2.24) is 19.6 Å². The number of ether oxygens (including phenoxy) is 5. The molecule has 53 heavy (non-hydrogen) atoms. The number of carboxylic acids is 2. The number of carbonyl (C=O) groups excluding carboxylic acids is 4. The quantitative estimate of drug-likeness (QED) is 0.0817. The third-order valence-corrected chi connectivity index (χ3v) is 6.38. The summed E-state index contributed by atoms with van der Waals surface area (Å²) in [6, 6.07) is 0. The topological polar surface area (TPSA) is 202 Å². The number of carboxylic acid groups (broad SMARTS) is 2. The molecule has 0 aromatic carbocycles. The molecule has 17 nitrogen and oxygen atoms in total. The van der Waals surface area contributed by atoms with Crippen LogP contribution in [-0.4, -0.2) is 180 Å². The highest BCUT2D eigenvalue weighted by Crippen LogP contribution is 2.12. The minimum Gasteiger partial charge on any atom is -0.480 e.